The van der Waals surface area contributed by atoms with Gasteiger partial charge in [0, 0.05) is 19.9 Å². The van der Waals surface area contributed by atoms with Crippen LogP contribution >= 0.6 is 23.1 Å². The van der Waals surface area contributed by atoms with Crippen LogP contribution in [-0.2, 0) is 0 Å². The molecule has 0 radical (unpaired) electrons. The van der Waals surface area contributed by atoms with Crippen LogP contribution in [0.5, 0.6) is 0 Å². The zero-order chi connectivity index (χ0) is 27.0. The molecule has 1 atom stereocenters. The number of benzene rings is 2. The largest absolute Gasteiger partial charge is 0.139 e. The summed E-state index contributed by atoms with van der Waals surface area (Å²) in [4.78, 5) is 4.31. The lowest BCUT2D eigenvalue weighted by atomic mass is 9.91. The molecule has 1 unspecified atom stereocenters. The molecule has 202 valence electrons. The molecular weight excluding hydrogens is 509 g/mol. The van der Waals surface area contributed by atoms with Crippen molar-refractivity contribution in [1.29, 1.82) is 0 Å². The van der Waals surface area contributed by atoms with Gasteiger partial charge in [-0.25, -0.2) is 0 Å². The average Bonchev–Trinajstić information content (AvgIpc) is 3.53. The molecule has 2 aliphatic carbocycles. The highest BCUT2D eigenvalue weighted by Crippen LogP contribution is 2.50. The van der Waals surface area contributed by atoms with Gasteiger partial charge in [-0.1, -0.05) is 118 Å². The van der Waals surface area contributed by atoms with Gasteiger partial charge in [0.2, 0.25) is 0 Å². The van der Waals surface area contributed by atoms with E-state index in [1.54, 1.807) is 5.56 Å². The third-order valence-corrected chi connectivity index (χ3v) is 10.9. The molecule has 3 aromatic rings. The number of thiophene rings is 1. The second-order valence-electron chi connectivity index (χ2n) is 10.6. The summed E-state index contributed by atoms with van der Waals surface area (Å²) < 4.78 is 0. The number of rotatable bonds is 5. The van der Waals surface area contributed by atoms with Gasteiger partial charge < -0.3 is 0 Å². The van der Waals surface area contributed by atoms with Gasteiger partial charge in [-0.2, -0.15) is 0 Å². The Labute approximate surface area is 244 Å². The second-order valence-corrected chi connectivity index (χ2v) is 13.0. The van der Waals surface area contributed by atoms with Crippen molar-refractivity contribution in [2.45, 2.75) is 83.3 Å². The van der Waals surface area contributed by atoms with Crippen molar-refractivity contribution in [3.8, 4) is 10.4 Å². The Kier molecular flexibility index (Phi) is 9.82. The van der Waals surface area contributed by atoms with Crippen molar-refractivity contribution < 1.29 is 0 Å². The van der Waals surface area contributed by atoms with E-state index in [1.807, 2.05) is 36.9 Å². The molecule has 39 heavy (non-hydrogen) atoms. The Morgan fingerprint density at radius 2 is 1.41 bits per heavy atom. The molecule has 1 fully saturated rings. The van der Waals surface area contributed by atoms with Gasteiger partial charge in [0.1, 0.15) is 0 Å². The smallest absolute Gasteiger partial charge is 0.0473 e. The number of allylic oxidation sites excluding steroid dienone is 7. The van der Waals surface area contributed by atoms with E-state index in [9.17, 15) is 0 Å². The Morgan fingerprint density at radius 1 is 0.718 bits per heavy atom. The Bertz CT molecular complexity index is 1340. The van der Waals surface area contributed by atoms with E-state index >= 15 is 0 Å². The van der Waals surface area contributed by atoms with E-state index in [4.69, 9.17) is 0 Å². The Hall–Kier alpha value is -2.55. The molecule has 1 aromatic heterocycles. The van der Waals surface area contributed by atoms with E-state index in [-0.39, 0.29) is 0 Å². The lowest BCUT2D eigenvalue weighted by Gasteiger charge is -2.14. The number of thioether (sulfide) groups is 1. The van der Waals surface area contributed by atoms with E-state index in [0.29, 0.717) is 5.25 Å². The van der Waals surface area contributed by atoms with Gasteiger partial charge in [0.05, 0.1) is 0 Å². The van der Waals surface area contributed by atoms with Crippen molar-refractivity contribution in [3.05, 3.63) is 118 Å². The molecule has 0 nitrogen and oxygen atoms in total. The predicted octanol–water partition coefficient (Wildman–Crippen LogP) is 12.4. The molecule has 0 amide bonds. The van der Waals surface area contributed by atoms with Crippen LogP contribution in [0.3, 0.4) is 0 Å². The van der Waals surface area contributed by atoms with Crippen molar-refractivity contribution in [3.63, 3.8) is 0 Å². The van der Waals surface area contributed by atoms with Crippen LogP contribution in [-0.4, -0.2) is 0 Å². The fraction of sp³-hybridized carbons (Fsp3) is 0.351. The predicted molar refractivity (Wildman–Crippen MR) is 176 cm³/mol. The fourth-order valence-corrected chi connectivity index (χ4v) is 8.38. The highest BCUT2D eigenvalue weighted by molar-refractivity contribution is 8.08. The third-order valence-electron chi connectivity index (χ3n) is 8.10. The molecule has 2 heteroatoms. The molecule has 0 spiro atoms. The van der Waals surface area contributed by atoms with Gasteiger partial charge in [-0.15, -0.1) is 23.1 Å². The topological polar surface area (TPSA) is 0 Å². The monoisotopic (exact) mass is 550 g/mol. The molecule has 0 N–H and O–H groups in total. The maximum Gasteiger partial charge on any atom is 0.0473 e. The Morgan fingerprint density at radius 3 is 2.15 bits per heavy atom. The SMILES string of the molecule is CC.CC1=CC=CCC=C1c1ccc(C2=CCC(c3ccc(-c4ccc(C5CCCCCC5)cc4)s3)S2)cc1. The number of hydrogen-bond acceptors (Lipinski definition) is 2. The minimum Gasteiger partial charge on any atom is -0.139 e. The highest BCUT2D eigenvalue weighted by atomic mass is 32.2. The van der Waals surface area contributed by atoms with Gasteiger partial charge >= 0.3 is 0 Å². The maximum atomic E-state index is 2.44. The second kappa shape index (κ2) is 13.7. The first-order chi connectivity index (χ1) is 19.2. The van der Waals surface area contributed by atoms with Gasteiger partial charge in [0.15, 0.2) is 0 Å². The summed E-state index contributed by atoms with van der Waals surface area (Å²) in [7, 11) is 0. The standard InChI is InChI=1S/C35H36S2.C2H6/c1-25-9-5-4-8-12-31(25)28-15-19-30(20-16-28)33-22-24-35(37-33)34-23-21-32(36-34)29-17-13-27(14-18-29)26-10-6-2-3-7-11-26;1-2/h4-5,9,12-23,26,35H,2-3,6-8,10-11,24H2,1H3;1-2H3. The first kappa shape index (κ1) is 28.0. The molecule has 6 rings (SSSR count). The van der Waals surface area contributed by atoms with Gasteiger partial charge in [-0.05, 0) is 84.1 Å². The summed E-state index contributed by atoms with van der Waals surface area (Å²) in [5.41, 5.74) is 8.27. The molecule has 2 heterocycles. The molecule has 2 aromatic carbocycles. The van der Waals surface area contributed by atoms with Crippen molar-refractivity contribution in [2.24, 2.45) is 0 Å². The van der Waals surface area contributed by atoms with Crippen LogP contribution < -0.4 is 0 Å². The van der Waals surface area contributed by atoms with Crippen molar-refractivity contribution in [1.82, 2.24) is 0 Å². The minimum absolute atomic E-state index is 0.527. The van der Waals surface area contributed by atoms with Crippen LogP contribution in [0.25, 0.3) is 20.9 Å². The molecule has 0 bridgehead atoms. The van der Waals surface area contributed by atoms with E-state index in [2.05, 4.69) is 98.0 Å². The van der Waals surface area contributed by atoms with E-state index in [1.165, 1.54) is 81.0 Å². The third kappa shape index (κ3) is 6.79. The quantitative estimate of drug-likeness (QED) is 0.285. The Balaban J connectivity index is 0.00000151. The minimum atomic E-state index is 0.527. The number of hydrogen-bond donors (Lipinski definition) is 0. The molecule has 0 saturated heterocycles. The van der Waals surface area contributed by atoms with Crippen LogP contribution in [0.2, 0.25) is 0 Å². The summed E-state index contributed by atoms with van der Waals surface area (Å²) in [6.45, 7) is 6.21. The molecule has 1 saturated carbocycles. The van der Waals surface area contributed by atoms with Crippen molar-refractivity contribution >= 4 is 33.6 Å². The summed E-state index contributed by atoms with van der Waals surface area (Å²) in [5.74, 6) is 0.769. The van der Waals surface area contributed by atoms with Crippen molar-refractivity contribution in [2.75, 3.05) is 0 Å². The lowest BCUT2D eigenvalue weighted by molar-refractivity contribution is 0.592. The summed E-state index contributed by atoms with van der Waals surface area (Å²) in [6, 6.07) is 23.4. The summed E-state index contributed by atoms with van der Waals surface area (Å²) >= 11 is 4.00. The molecule has 1 aliphatic heterocycles. The van der Waals surface area contributed by atoms with Gasteiger partial charge in [-0.3, -0.25) is 0 Å². The zero-order valence-electron chi connectivity index (χ0n) is 23.8. The molecular formula is C37H42S2. The van der Waals surface area contributed by atoms with Crippen LogP contribution in [0.15, 0.2) is 96.6 Å². The van der Waals surface area contributed by atoms with Gasteiger partial charge in [0.25, 0.3) is 0 Å². The van der Waals surface area contributed by atoms with Crippen LogP contribution in [0.1, 0.15) is 105 Å². The lowest BCUT2D eigenvalue weighted by Crippen LogP contribution is -1.96. The van der Waals surface area contributed by atoms with Crippen LogP contribution in [0.4, 0.5) is 0 Å². The first-order valence-electron chi connectivity index (χ1n) is 15.0. The first-order valence-corrected chi connectivity index (χ1v) is 16.7. The van der Waals surface area contributed by atoms with Crippen LogP contribution in [0, 0.1) is 0 Å². The zero-order valence-corrected chi connectivity index (χ0v) is 25.4. The van der Waals surface area contributed by atoms with E-state index < -0.39 is 0 Å². The summed E-state index contributed by atoms with van der Waals surface area (Å²) in [5, 5.41) is 0.527. The van der Waals surface area contributed by atoms with E-state index in [0.717, 1.165) is 18.8 Å². The fourth-order valence-electron chi connectivity index (χ4n) is 5.92. The average molecular weight is 551 g/mol. The highest BCUT2D eigenvalue weighted by Gasteiger charge is 2.23. The normalized spacial score (nSPS) is 19.8. The maximum absolute atomic E-state index is 2.44. The summed E-state index contributed by atoms with van der Waals surface area (Å²) in [6.07, 6.45) is 21.8. The molecule has 3 aliphatic rings.